The fourth-order valence-corrected chi connectivity index (χ4v) is 2.79. The average molecular weight is 360 g/mol. The lowest BCUT2D eigenvalue weighted by molar-refractivity contribution is -0.118. The highest BCUT2D eigenvalue weighted by molar-refractivity contribution is 5.93. The van der Waals surface area contributed by atoms with E-state index in [1.807, 2.05) is 18.2 Å². The first-order valence-electron chi connectivity index (χ1n) is 8.36. The number of rotatable bonds is 4. The van der Waals surface area contributed by atoms with Crippen LogP contribution in [-0.2, 0) is 4.79 Å². The standard InChI is InChI=1S/C19H16N6O2/c1-13(24-10-7-14-5-2-3-6-16(14)18(24)27)17(26)23-15-11-22-25(12-15)19-20-8-4-9-21-19/h2-13H,1H3,(H,23,26)/t13-/m1/s1. The van der Waals surface area contributed by atoms with Gasteiger partial charge in [-0.05, 0) is 30.5 Å². The van der Waals surface area contributed by atoms with Crippen molar-refractivity contribution in [3.8, 4) is 5.95 Å². The number of aromatic nitrogens is 5. The Labute approximate surface area is 154 Å². The summed E-state index contributed by atoms with van der Waals surface area (Å²) in [6.45, 7) is 1.68. The summed E-state index contributed by atoms with van der Waals surface area (Å²) in [5.41, 5.74) is 0.289. The molecule has 8 heteroatoms. The van der Waals surface area contributed by atoms with Gasteiger partial charge in [-0.25, -0.2) is 14.6 Å². The molecule has 1 atom stereocenters. The summed E-state index contributed by atoms with van der Waals surface area (Å²) in [5, 5.41) is 8.33. The molecule has 4 rings (SSSR count). The molecule has 3 aromatic heterocycles. The van der Waals surface area contributed by atoms with E-state index in [0.29, 0.717) is 17.0 Å². The molecule has 4 aromatic rings. The van der Waals surface area contributed by atoms with Gasteiger partial charge in [-0.1, -0.05) is 18.2 Å². The maximum atomic E-state index is 12.7. The highest BCUT2D eigenvalue weighted by atomic mass is 16.2. The van der Waals surface area contributed by atoms with E-state index in [0.717, 1.165) is 5.39 Å². The molecule has 1 N–H and O–H groups in total. The number of carbonyl (C=O) groups is 1. The lowest BCUT2D eigenvalue weighted by atomic mass is 10.1. The molecule has 0 saturated carbocycles. The molecule has 3 heterocycles. The van der Waals surface area contributed by atoms with Crippen molar-refractivity contribution in [1.29, 1.82) is 0 Å². The van der Waals surface area contributed by atoms with Gasteiger partial charge in [0.15, 0.2) is 0 Å². The molecule has 0 fully saturated rings. The van der Waals surface area contributed by atoms with Crippen LogP contribution >= 0.6 is 0 Å². The number of hydrogen-bond donors (Lipinski definition) is 1. The van der Waals surface area contributed by atoms with Crippen molar-refractivity contribution in [2.45, 2.75) is 13.0 Å². The van der Waals surface area contributed by atoms with Gasteiger partial charge in [0.2, 0.25) is 11.9 Å². The lowest BCUT2D eigenvalue weighted by Crippen LogP contribution is -2.31. The van der Waals surface area contributed by atoms with E-state index in [-0.39, 0.29) is 11.5 Å². The molecule has 0 aliphatic heterocycles. The summed E-state index contributed by atoms with van der Waals surface area (Å²) in [6, 6.07) is 10.1. The maximum absolute atomic E-state index is 12.7. The largest absolute Gasteiger partial charge is 0.322 e. The van der Waals surface area contributed by atoms with Crippen molar-refractivity contribution in [2.75, 3.05) is 5.32 Å². The van der Waals surface area contributed by atoms with E-state index in [9.17, 15) is 9.59 Å². The van der Waals surface area contributed by atoms with E-state index in [1.165, 1.54) is 15.4 Å². The van der Waals surface area contributed by atoms with Crippen LogP contribution in [0.4, 0.5) is 5.69 Å². The lowest BCUT2D eigenvalue weighted by Gasteiger charge is -2.15. The van der Waals surface area contributed by atoms with Gasteiger partial charge in [0.05, 0.1) is 18.1 Å². The zero-order valence-corrected chi connectivity index (χ0v) is 14.5. The number of benzene rings is 1. The molecule has 0 spiro atoms. The molecule has 0 aliphatic rings. The van der Waals surface area contributed by atoms with E-state index < -0.39 is 6.04 Å². The first-order valence-corrected chi connectivity index (χ1v) is 8.36. The van der Waals surface area contributed by atoms with E-state index in [1.54, 1.807) is 49.9 Å². The molecule has 0 saturated heterocycles. The predicted octanol–water partition coefficient (Wildman–Crippen LogP) is 2.18. The smallest absolute Gasteiger partial charge is 0.259 e. The highest BCUT2D eigenvalue weighted by Gasteiger charge is 2.18. The zero-order valence-electron chi connectivity index (χ0n) is 14.5. The zero-order chi connectivity index (χ0) is 18.8. The SMILES string of the molecule is C[C@H](C(=O)Nc1cnn(-c2ncccn2)c1)n1ccc2ccccc2c1=O. The fraction of sp³-hybridized carbons (Fsp3) is 0.105. The van der Waals surface area contributed by atoms with Crippen LogP contribution in [0.2, 0.25) is 0 Å². The van der Waals surface area contributed by atoms with Gasteiger partial charge in [-0.15, -0.1) is 0 Å². The van der Waals surface area contributed by atoms with E-state index in [4.69, 9.17) is 0 Å². The molecule has 1 aromatic carbocycles. The van der Waals surface area contributed by atoms with Crippen LogP contribution in [0, 0.1) is 0 Å². The minimum absolute atomic E-state index is 0.205. The Morgan fingerprint density at radius 3 is 2.70 bits per heavy atom. The van der Waals surface area contributed by atoms with Crippen LogP contribution < -0.4 is 10.9 Å². The van der Waals surface area contributed by atoms with Crippen LogP contribution in [0.1, 0.15) is 13.0 Å². The third-order valence-corrected chi connectivity index (χ3v) is 4.24. The van der Waals surface area contributed by atoms with Crippen LogP contribution in [0.3, 0.4) is 0 Å². The molecule has 0 radical (unpaired) electrons. The van der Waals surface area contributed by atoms with Crippen molar-refractivity contribution in [3.63, 3.8) is 0 Å². The number of nitrogens with one attached hydrogen (secondary N) is 1. The number of hydrogen-bond acceptors (Lipinski definition) is 5. The van der Waals surface area contributed by atoms with Gasteiger partial charge >= 0.3 is 0 Å². The monoisotopic (exact) mass is 360 g/mol. The van der Waals surface area contributed by atoms with Crippen LogP contribution in [-0.4, -0.2) is 30.2 Å². The van der Waals surface area contributed by atoms with E-state index in [2.05, 4.69) is 20.4 Å². The van der Waals surface area contributed by atoms with Crippen LogP contribution in [0.15, 0.2) is 72.2 Å². The summed E-state index contributed by atoms with van der Waals surface area (Å²) in [5.74, 6) is 0.0812. The summed E-state index contributed by atoms with van der Waals surface area (Å²) >= 11 is 0. The Hall–Kier alpha value is -3.81. The molecule has 8 nitrogen and oxygen atoms in total. The average Bonchev–Trinajstić information content (AvgIpc) is 3.17. The quantitative estimate of drug-likeness (QED) is 0.602. The Kier molecular flexibility index (Phi) is 4.21. The number of fused-ring (bicyclic) bond motifs is 1. The number of amides is 1. The van der Waals surface area contributed by atoms with Crippen molar-refractivity contribution < 1.29 is 4.79 Å². The minimum atomic E-state index is -0.682. The number of pyridine rings is 1. The summed E-state index contributed by atoms with van der Waals surface area (Å²) in [7, 11) is 0. The van der Waals surface area contributed by atoms with E-state index >= 15 is 0 Å². The second-order valence-corrected chi connectivity index (χ2v) is 6.00. The Bertz CT molecular complexity index is 1170. The van der Waals surface area contributed by atoms with Crippen molar-refractivity contribution in [1.82, 2.24) is 24.3 Å². The van der Waals surface area contributed by atoms with Crippen LogP contribution in [0.25, 0.3) is 16.7 Å². The van der Waals surface area contributed by atoms with Crippen molar-refractivity contribution >= 4 is 22.4 Å². The molecule has 1 amide bonds. The molecular weight excluding hydrogens is 344 g/mol. The Morgan fingerprint density at radius 1 is 1.11 bits per heavy atom. The Balaban J connectivity index is 1.56. The molecule has 134 valence electrons. The summed E-state index contributed by atoms with van der Waals surface area (Å²) < 4.78 is 2.88. The second-order valence-electron chi connectivity index (χ2n) is 6.00. The number of nitrogens with zero attached hydrogens (tertiary/aromatic N) is 5. The molecule has 27 heavy (non-hydrogen) atoms. The highest BCUT2D eigenvalue weighted by Crippen LogP contribution is 2.14. The molecule has 0 unspecified atom stereocenters. The minimum Gasteiger partial charge on any atom is -0.322 e. The molecule has 0 aliphatic carbocycles. The normalized spacial score (nSPS) is 12.0. The Morgan fingerprint density at radius 2 is 1.89 bits per heavy atom. The third-order valence-electron chi connectivity index (χ3n) is 4.24. The number of carbonyl (C=O) groups excluding carboxylic acids is 1. The van der Waals surface area contributed by atoms with Crippen molar-refractivity contribution in [3.05, 3.63) is 77.7 Å². The van der Waals surface area contributed by atoms with Gasteiger partial charge in [0.25, 0.3) is 5.56 Å². The van der Waals surface area contributed by atoms with Gasteiger partial charge < -0.3 is 9.88 Å². The first kappa shape index (κ1) is 16.6. The van der Waals surface area contributed by atoms with Gasteiger partial charge in [0.1, 0.15) is 6.04 Å². The van der Waals surface area contributed by atoms with Gasteiger partial charge in [-0.3, -0.25) is 9.59 Å². The summed E-state index contributed by atoms with van der Waals surface area (Å²) in [4.78, 5) is 33.5. The molecule has 0 bridgehead atoms. The third kappa shape index (κ3) is 3.20. The number of anilines is 1. The maximum Gasteiger partial charge on any atom is 0.259 e. The van der Waals surface area contributed by atoms with Gasteiger partial charge in [-0.2, -0.15) is 5.10 Å². The van der Waals surface area contributed by atoms with Crippen molar-refractivity contribution in [2.24, 2.45) is 0 Å². The predicted molar refractivity (Wildman–Crippen MR) is 101 cm³/mol. The topological polar surface area (TPSA) is 94.7 Å². The van der Waals surface area contributed by atoms with Crippen LogP contribution in [0.5, 0.6) is 0 Å². The van der Waals surface area contributed by atoms with Gasteiger partial charge in [0, 0.05) is 24.0 Å². The second kappa shape index (κ2) is 6.83. The fourth-order valence-electron chi connectivity index (χ4n) is 2.79. The molecular formula is C19H16N6O2. The first-order chi connectivity index (χ1) is 13.1. The summed E-state index contributed by atoms with van der Waals surface area (Å²) in [6.07, 6.45) is 7.97.